The van der Waals surface area contributed by atoms with Gasteiger partial charge in [0.2, 0.25) is 0 Å². The molecule has 0 radical (unpaired) electrons. The molecule has 0 aromatic carbocycles. The fourth-order valence-electron chi connectivity index (χ4n) is 4.06. The number of nitrogens with zero attached hydrogens (tertiary/aromatic N) is 7. The van der Waals surface area contributed by atoms with E-state index in [4.69, 9.17) is 16.1 Å². The summed E-state index contributed by atoms with van der Waals surface area (Å²) in [4.78, 5) is 4.46. The first-order chi connectivity index (χ1) is 17.7. The van der Waals surface area contributed by atoms with Crippen LogP contribution in [0.3, 0.4) is 0 Å². The summed E-state index contributed by atoms with van der Waals surface area (Å²) in [6.45, 7) is 2.67. The van der Waals surface area contributed by atoms with E-state index < -0.39 is 11.8 Å². The zero-order valence-electron chi connectivity index (χ0n) is 20.9. The third kappa shape index (κ3) is 6.28. The largest absolute Gasteiger partial charge is 0.398 e. The van der Waals surface area contributed by atoms with Crippen LogP contribution in [0.25, 0.3) is 28.2 Å². The van der Waals surface area contributed by atoms with Crippen molar-refractivity contribution in [2.75, 3.05) is 5.73 Å². The van der Waals surface area contributed by atoms with E-state index in [9.17, 15) is 9.50 Å². The van der Waals surface area contributed by atoms with Crippen molar-refractivity contribution in [1.82, 2.24) is 29.6 Å². The first-order valence-corrected chi connectivity index (χ1v) is 12.2. The maximum atomic E-state index is 14.1. The molecule has 0 saturated heterocycles. The van der Waals surface area contributed by atoms with Crippen LogP contribution in [-0.4, -0.2) is 57.7 Å². The minimum atomic E-state index is -1.50. The lowest BCUT2D eigenvalue weighted by molar-refractivity contribution is -0.0120. The number of anilines is 1. The summed E-state index contributed by atoms with van der Waals surface area (Å²) < 4.78 is 17.1. The number of nitrogen functional groups attached to an aromatic ring is 1. The second-order valence-corrected chi connectivity index (χ2v) is 9.81. The number of fused-ring (bicyclic) bond motifs is 1. The first-order valence-electron chi connectivity index (χ1n) is 12.2. The van der Waals surface area contributed by atoms with Crippen LogP contribution in [0.1, 0.15) is 51.5 Å². The van der Waals surface area contributed by atoms with Gasteiger partial charge in [0, 0.05) is 17.4 Å². The molecule has 4 heterocycles. The van der Waals surface area contributed by atoms with Gasteiger partial charge in [0.05, 0.1) is 53.1 Å². The SMILES string of the molecule is CC(C)(O)[C@H](F)Cn1cc(-c2cnc(-c3ccc4cc(C#N)cnn34)cc2N)nn1.OC1CCCCC1. The smallest absolute Gasteiger partial charge is 0.148 e. The van der Waals surface area contributed by atoms with Crippen molar-refractivity contribution in [2.24, 2.45) is 0 Å². The monoisotopic (exact) mass is 506 g/mol. The predicted octanol–water partition coefficient (Wildman–Crippen LogP) is 3.53. The molecule has 4 N–H and O–H groups in total. The minimum absolute atomic E-state index is 0.0359. The van der Waals surface area contributed by atoms with Crippen molar-refractivity contribution in [2.45, 2.75) is 70.4 Å². The maximum absolute atomic E-state index is 14.1. The van der Waals surface area contributed by atoms with Gasteiger partial charge in [-0.1, -0.05) is 24.5 Å². The number of alkyl halides is 1. The third-order valence-corrected chi connectivity index (χ3v) is 6.33. The second kappa shape index (κ2) is 11.0. The first kappa shape index (κ1) is 26.2. The molecular weight excluding hydrogens is 475 g/mol. The minimum Gasteiger partial charge on any atom is -0.398 e. The number of hydrogen-bond acceptors (Lipinski definition) is 8. The summed E-state index contributed by atoms with van der Waals surface area (Å²) in [5.41, 5.74) is 8.75. The van der Waals surface area contributed by atoms with Crippen LogP contribution in [-0.2, 0) is 6.54 Å². The van der Waals surface area contributed by atoms with Gasteiger partial charge in [-0.15, -0.1) is 5.10 Å². The quantitative estimate of drug-likeness (QED) is 0.372. The van der Waals surface area contributed by atoms with Crippen molar-refractivity contribution < 1.29 is 14.6 Å². The molecule has 37 heavy (non-hydrogen) atoms. The van der Waals surface area contributed by atoms with Gasteiger partial charge in [-0.3, -0.25) is 4.98 Å². The van der Waals surface area contributed by atoms with E-state index in [-0.39, 0.29) is 12.6 Å². The number of aliphatic hydroxyl groups excluding tert-OH is 1. The molecule has 0 unspecified atom stereocenters. The summed E-state index contributed by atoms with van der Waals surface area (Å²) in [7, 11) is 0. The number of hydrogen-bond donors (Lipinski definition) is 3. The average Bonchev–Trinajstić information content (AvgIpc) is 3.51. The topological polar surface area (TPSA) is 151 Å². The Bertz CT molecular complexity index is 1400. The Labute approximate surface area is 214 Å². The summed E-state index contributed by atoms with van der Waals surface area (Å²) in [6.07, 6.45) is 9.04. The van der Waals surface area contributed by atoms with E-state index in [1.165, 1.54) is 44.0 Å². The summed E-state index contributed by atoms with van der Waals surface area (Å²) in [5, 5.41) is 39.9. The van der Waals surface area contributed by atoms with Crippen LogP contribution in [0.5, 0.6) is 0 Å². The van der Waals surface area contributed by atoms with Crippen LogP contribution in [0.4, 0.5) is 10.1 Å². The number of nitriles is 1. The number of halogens is 1. The molecule has 4 aromatic rings. The number of aromatic nitrogens is 6. The van der Waals surface area contributed by atoms with Gasteiger partial charge in [0.15, 0.2) is 0 Å². The molecule has 0 bridgehead atoms. The van der Waals surface area contributed by atoms with Crippen molar-refractivity contribution >= 4 is 11.2 Å². The number of rotatable bonds is 5. The second-order valence-electron chi connectivity index (χ2n) is 9.81. The molecule has 10 nitrogen and oxygen atoms in total. The number of pyridine rings is 1. The van der Waals surface area contributed by atoms with Crippen molar-refractivity contribution in [1.29, 1.82) is 5.26 Å². The average molecular weight is 507 g/mol. The highest BCUT2D eigenvalue weighted by Gasteiger charge is 2.27. The molecule has 1 saturated carbocycles. The Morgan fingerprint density at radius 1 is 1.19 bits per heavy atom. The molecule has 0 spiro atoms. The lowest BCUT2D eigenvalue weighted by Gasteiger charge is -2.21. The van der Waals surface area contributed by atoms with Gasteiger partial charge in [-0.2, -0.15) is 10.4 Å². The van der Waals surface area contributed by atoms with Crippen LogP contribution < -0.4 is 5.73 Å². The summed E-state index contributed by atoms with van der Waals surface area (Å²) >= 11 is 0. The van der Waals surface area contributed by atoms with E-state index in [0.717, 1.165) is 24.1 Å². The summed E-state index contributed by atoms with van der Waals surface area (Å²) in [5.74, 6) is 0. The van der Waals surface area contributed by atoms with Crippen LogP contribution in [0.2, 0.25) is 0 Å². The molecule has 1 atom stereocenters. The third-order valence-electron chi connectivity index (χ3n) is 6.33. The van der Waals surface area contributed by atoms with E-state index >= 15 is 0 Å². The van der Waals surface area contributed by atoms with Crippen molar-refractivity contribution in [3.63, 3.8) is 0 Å². The number of nitrogens with two attached hydrogens (primary N) is 1. The zero-order valence-corrected chi connectivity index (χ0v) is 20.9. The van der Waals surface area contributed by atoms with E-state index in [2.05, 4.69) is 26.5 Å². The van der Waals surface area contributed by atoms with Gasteiger partial charge >= 0.3 is 0 Å². The maximum Gasteiger partial charge on any atom is 0.148 e. The van der Waals surface area contributed by atoms with Gasteiger partial charge in [0.1, 0.15) is 17.9 Å². The lowest BCUT2D eigenvalue weighted by Crippen LogP contribution is -2.35. The Balaban J connectivity index is 0.000000396. The van der Waals surface area contributed by atoms with Crippen molar-refractivity contribution in [3.05, 3.63) is 48.4 Å². The summed E-state index contributed by atoms with van der Waals surface area (Å²) in [6, 6.07) is 9.19. The molecule has 4 aromatic heterocycles. The predicted molar refractivity (Wildman–Crippen MR) is 137 cm³/mol. The molecule has 5 rings (SSSR count). The Morgan fingerprint density at radius 3 is 2.57 bits per heavy atom. The van der Waals surface area contributed by atoms with Gasteiger partial charge in [0.25, 0.3) is 0 Å². The number of aliphatic hydroxyl groups is 2. The highest BCUT2D eigenvalue weighted by atomic mass is 19.1. The lowest BCUT2D eigenvalue weighted by atomic mass is 9.98. The molecule has 1 aliphatic carbocycles. The Morgan fingerprint density at radius 2 is 1.95 bits per heavy atom. The van der Waals surface area contributed by atoms with E-state index in [1.807, 2.05) is 12.1 Å². The normalized spacial score (nSPS) is 15.1. The van der Waals surface area contributed by atoms with Crippen molar-refractivity contribution in [3.8, 4) is 28.7 Å². The van der Waals surface area contributed by atoms with Gasteiger partial charge < -0.3 is 15.9 Å². The molecule has 1 aliphatic rings. The zero-order chi connectivity index (χ0) is 26.6. The molecule has 0 aliphatic heterocycles. The Kier molecular flexibility index (Phi) is 7.80. The standard InChI is InChI=1S/C20H19FN8O.C6H12O/c1-20(2,30)19(21)11-28-10-17(26-27-28)14-9-24-16(6-15(14)23)18-4-3-13-5-12(7-22)8-25-29(13)18;7-6-4-2-1-3-5-6/h3-6,8-10,19,30H,11H2,1-2H3,(H2,23,24);6-7H,1-5H2/t19-;/m1./s1. The Hall–Kier alpha value is -3.88. The van der Waals surface area contributed by atoms with E-state index in [1.54, 1.807) is 29.0 Å². The molecular formula is C26H31FN8O2. The van der Waals surface area contributed by atoms with Crippen LogP contribution in [0, 0.1) is 11.3 Å². The fraction of sp³-hybridized carbons (Fsp3) is 0.423. The van der Waals surface area contributed by atoms with E-state index in [0.29, 0.717) is 28.2 Å². The highest BCUT2D eigenvalue weighted by molar-refractivity contribution is 5.77. The fourth-order valence-corrected chi connectivity index (χ4v) is 4.06. The molecule has 194 valence electrons. The molecule has 0 amide bonds. The molecule has 11 heteroatoms. The molecule has 1 fully saturated rings. The highest BCUT2D eigenvalue weighted by Crippen LogP contribution is 2.28. The van der Waals surface area contributed by atoms with Gasteiger partial charge in [-0.05, 0) is 51.0 Å². The van der Waals surface area contributed by atoms with Crippen LogP contribution >= 0.6 is 0 Å². The van der Waals surface area contributed by atoms with Gasteiger partial charge in [-0.25, -0.2) is 13.6 Å². The van der Waals surface area contributed by atoms with Crippen LogP contribution in [0.15, 0.2) is 42.9 Å².